The zero-order valence-corrected chi connectivity index (χ0v) is 8.42. The second kappa shape index (κ2) is 4.06. The van der Waals surface area contributed by atoms with E-state index in [9.17, 15) is 15.0 Å². The Morgan fingerprint density at radius 1 is 0.875 bits per heavy atom. The average molecular weight is 214 g/mol. The molecule has 2 aromatic carbocycles. The number of aldehydes is 1. The van der Waals surface area contributed by atoms with E-state index in [1.54, 1.807) is 30.3 Å². The summed E-state index contributed by atoms with van der Waals surface area (Å²) in [5.41, 5.74) is 1.15. The number of phenols is 2. The minimum atomic E-state index is -0.0221. The second-order valence-corrected chi connectivity index (χ2v) is 3.38. The highest BCUT2D eigenvalue weighted by Crippen LogP contribution is 2.36. The molecule has 3 heteroatoms. The number of benzene rings is 2. The van der Waals surface area contributed by atoms with Crippen LogP contribution in [0.5, 0.6) is 11.5 Å². The molecule has 0 saturated carbocycles. The van der Waals surface area contributed by atoms with Gasteiger partial charge < -0.3 is 10.2 Å². The third-order valence-corrected chi connectivity index (χ3v) is 2.38. The highest BCUT2D eigenvalue weighted by Gasteiger charge is 2.12. The summed E-state index contributed by atoms with van der Waals surface area (Å²) in [5, 5.41) is 19.4. The molecule has 0 aliphatic heterocycles. The van der Waals surface area contributed by atoms with Crippen molar-refractivity contribution >= 4 is 6.29 Å². The molecule has 0 aromatic heterocycles. The van der Waals surface area contributed by atoms with E-state index < -0.39 is 0 Å². The van der Waals surface area contributed by atoms with E-state index in [1.165, 1.54) is 12.1 Å². The predicted octanol–water partition coefficient (Wildman–Crippen LogP) is 2.58. The number of carbonyl (C=O) groups excluding carboxylic acids is 1. The fourth-order valence-corrected chi connectivity index (χ4v) is 1.63. The van der Waals surface area contributed by atoms with Crippen LogP contribution in [0.4, 0.5) is 0 Å². The minimum absolute atomic E-state index is 0.0221. The van der Waals surface area contributed by atoms with Gasteiger partial charge in [-0.25, -0.2) is 0 Å². The topological polar surface area (TPSA) is 57.5 Å². The first-order chi connectivity index (χ1) is 7.74. The largest absolute Gasteiger partial charge is 0.507 e. The molecule has 0 fully saturated rings. The zero-order valence-electron chi connectivity index (χ0n) is 8.42. The number of carbonyl (C=O) groups is 1. The van der Waals surface area contributed by atoms with Gasteiger partial charge in [0.2, 0.25) is 0 Å². The Morgan fingerprint density at radius 2 is 1.56 bits per heavy atom. The van der Waals surface area contributed by atoms with Gasteiger partial charge in [-0.05, 0) is 12.1 Å². The lowest BCUT2D eigenvalue weighted by molar-refractivity contribution is 0.112. The first-order valence-electron chi connectivity index (χ1n) is 4.79. The van der Waals surface area contributed by atoms with Crippen molar-refractivity contribution in [3.63, 3.8) is 0 Å². The van der Waals surface area contributed by atoms with Gasteiger partial charge in [-0.2, -0.15) is 0 Å². The van der Waals surface area contributed by atoms with E-state index in [1.807, 2.05) is 0 Å². The molecule has 0 aliphatic rings. The molecule has 80 valence electrons. The zero-order chi connectivity index (χ0) is 11.5. The quantitative estimate of drug-likeness (QED) is 0.755. The van der Waals surface area contributed by atoms with E-state index in [-0.39, 0.29) is 11.5 Å². The normalized spacial score (nSPS) is 10.0. The third-order valence-electron chi connectivity index (χ3n) is 2.38. The van der Waals surface area contributed by atoms with Crippen LogP contribution in [0.15, 0.2) is 42.5 Å². The van der Waals surface area contributed by atoms with E-state index in [4.69, 9.17) is 0 Å². The van der Waals surface area contributed by atoms with Crippen molar-refractivity contribution < 1.29 is 15.0 Å². The lowest BCUT2D eigenvalue weighted by atomic mass is 9.98. The molecule has 0 saturated heterocycles. The van der Waals surface area contributed by atoms with Crippen LogP contribution in [0.1, 0.15) is 10.4 Å². The van der Waals surface area contributed by atoms with Crippen molar-refractivity contribution in [3.8, 4) is 22.6 Å². The molecule has 2 N–H and O–H groups in total. The van der Waals surface area contributed by atoms with Crippen molar-refractivity contribution in [1.29, 1.82) is 0 Å². The average Bonchev–Trinajstić information content (AvgIpc) is 2.30. The van der Waals surface area contributed by atoms with E-state index in [0.717, 1.165) is 0 Å². The molecule has 0 bridgehead atoms. The lowest BCUT2D eigenvalue weighted by Gasteiger charge is -2.09. The fourth-order valence-electron chi connectivity index (χ4n) is 1.63. The first kappa shape index (κ1) is 10.2. The Balaban J connectivity index is 2.73. The van der Waals surface area contributed by atoms with Crippen LogP contribution < -0.4 is 0 Å². The summed E-state index contributed by atoms with van der Waals surface area (Å²) >= 11 is 0. The maximum atomic E-state index is 10.9. The molecule has 0 unspecified atom stereocenters. The molecule has 2 rings (SSSR count). The van der Waals surface area contributed by atoms with Crippen LogP contribution >= 0.6 is 0 Å². The van der Waals surface area contributed by atoms with Crippen molar-refractivity contribution in [2.45, 2.75) is 0 Å². The number of rotatable bonds is 2. The summed E-state index contributed by atoms with van der Waals surface area (Å²) in [7, 11) is 0. The van der Waals surface area contributed by atoms with Crippen LogP contribution in [0, 0.1) is 0 Å². The smallest absolute Gasteiger partial charge is 0.150 e. The summed E-state index contributed by atoms with van der Waals surface area (Å²) in [5.74, 6) is 0.0122. The Bertz CT molecular complexity index is 532. The van der Waals surface area contributed by atoms with Gasteiger partial charge in [-0.15, -0.1) is 0 Å². The monoisotopic (exact) mass is 214 g/mol. The van der Waals surface area contributed by atoms with Crippen molar-refractivity contribution in [2.75, 3.05) is 0 Å². The molecule has 0 aliphatic carbocycles. The molecule has 3 nitrogen and oxygen atoms in total. The molecule has 0 radical (unpaired) electrons. The SMILES string of the molecule is O=Cc1cccc(O)c1-c1ccccc1O. The summed E-state index contributed by atoms with van der Waals surface area (Å²) in [4.78, 5) is 10.9. The van der Waals surface area contributed by atoms with Gasteiger partial charge >= 0.3 is 0 Å². The van der Waals surface area contributed by atoms with Gasteiger partial charge in [-0.1, -0.05) is 30.3 Å². The Labute approximate surface area is 92.6 Å². The molecular weight excluding hydrogens is 204 g/mol. The Morgan fingerprint density at radius 3 is 2.25 bits per heavy atom. The maximum Gasteiger partial charge on any atom is 0.150 e. The molecule has 2 aromatic rings. The molecule has 0 amide bonds. The number of para-hydroxylation sites is 1. The standard InChI is InChI=1S/C13H10O3/c14-8-9-4-3-7-12(16)13(9)10-5-1-2-6-11(10)15/h1-8,15-16H. The van der Waals surface area contributed by atoms with Crippen LogP contribution in [-0.4, -0.2) is 16.5 Å². The van der Waals surface area contributed by atoms with Crippen LogP contribution in [0.3, 0.4) is 0 Å². The van der Waals surface area contributed by atoms with Crippen molar-refractivity contribution in [1.82, 2.24) is 0 Å². The number of aromatic hydroxyl groups is 2. The van der Waals surface area contributed by atoms with Crippen molar-refractivity contribution in [3.05, 3.63) is 48.0 Å². The summed E-state index contributed by atoms with van der Waals surface area (Å²) in [6, 6.07) is 11.2. The summed E-state index contributed by atoms with van der Waals surface area (Å²) in [6.45, 7) is 0. The van der Waals surface area contributed by atoms with Crippen LogP contribution in [-0.2, 0) is 0 Å². The maximum absolute atomic E-state index is 10.9. The number of hydrogen-bond acceptors (Lipinski definition) is 3. The van der Waals surface area contributed by atoms with Gasteiger partial charge in [0.05, 0.1) is 0 Å². The van der Waals surface area contributed by atoms with Crippen LogP contribution in [0.2, 0.25) is 0 Å². The first-order valence-corrected chi connectivity index (χ1v) is 4.79. The summed E-state index contributed by atoms with van der Waals surface area (Å²) in [6.07, 6.45) is 0.654. The molecule has 16 heavy (non-hydrogen) atoms. The highest BCUT2D eigenvalue weighted by atomic mass is 16.3. The van der Waals surface area contributed by atoms with Gasteiger partial charge in [0, 0.05) is 16.7 Å². The summed E-state index contributed by atoms with van der Waals surface area (Å²) < 4.78 is 0. The third kappa shape index (κ3) is 1.63. The minimum Gasteiger partial charge on any atom is -0.507 e. The molecule has 0 heterocycles. The van der Waals surface area contributed by atoms with Gasteiger partial charge in [-0.3, -0.25) is 4.79 Å². The van der Waals surface area contributed by atoms with Gasteiger partial charge in [0.1, 0.15) is 11.5 Å². The molecule has 0 atom stereocenters. The van der Waals surface area contributed by atoms with E-state index in [2.05, 4.69) is 0 Å². The van der Waals surface area contributed by atoms with Gasteiger partial charge in [0.15, 0.2) is 6.29 Å². The van der Waals surface area contributed by atoms with Gasteiger partial charge in [0.25, 0.3) is 0 Å². The Kier molecular flexibility index (Phi) is 2.60. The molecule has 0 spiro atoms. The van der Waals surface area contributed by atoms with Crippen molar-refractivity contribution in [2.24, 2.45) is 0 Å². The second-order valence-electron chi connectivity index (χ2n) is 3.38. The van der Waals surface area contributed by atoms with E-state index >= 15 is 0 Å². The van der Waals surface area contributed by atoms with E-state index in [0.29, 0.717) is 23.0 Å². The number of phenolic OH excluding ortho intramolecular Hbond substituents is 2. The predicted molar refractivity (Wildman–Crippen MR) is 60.6 cm³/mol. The van der Waals surface area contributed by atoms with Crippen LogP contribution in [0.25, 0.3) is 11.1 Å². The Hall–Kier alpha value is -2.29. The fraction of sp³-hybridized carbons (Fsp3) is 0. The number of hydrogen-bond donors (Lipinski definition) is 2. The highest BCUT2D eigenvalue weighted by molar-refractivity contribution is 5.92. The lowest BCUT2D eigenvalue weighted by Crippen LogP contribution is -1.88. The molecular formula is C13H10O3.